The van der Waals surface area contributed by atoms with Crippen LogP contribution in [-0.4, -0.2) is 53.7 Å². The summed E-state index contributed by atoms with van der Waals surface area (Å²) in [5.74, 6) is -5.58. The smallest absolute Gasteiger partial charge is 0.406 e. The Morgan fingerprint density at radius 1 is 0.938 bits per heavy atom. The zero-order valence-corrected chi connectivity index (χ0v) is 25.2. The molecule has 1 fully saturated rings. The fourth-order valence-corrected chi connectivity index (χ4v) is 5.70. The van der Waals surface area contributed by atoms with Crippen LogP contribution in [0.5, 0.6) is 5.75 Å². The Labute approximate surface area is 270 Å². The predicted octanol–water partition coefficient (Wildman–Crippen LogP) is 6.74. The van der Waals surface area contributed by atoms with Crippen molar-refractivity contribution in [2.24, 2.45) is 0 Å². The lowest BCUT2D eigenvalue weighted by Gasteiger charge is -2.36. The highest BCUT2D eigenvalue weighted by molar-refractivity contribution is 5.95. The normalized spacial score (nSPS) is 15.6. The second kappa shape index (κ2) is 14.8. The molecule has 1 aliphatic heterocycles. The van der Waals surface area contributed by atoms with E-state index < -0.39 is 59.2 Å². The second-order valence-corrected chi connectivity index (χ2v) is 11.2. The maximum Gasteiger partial charge on any atom is 0.573 e. The molecule has 1 saturated heterocycles. The molecule has 0 spiro atoms. The first-order chi connectivity index (χ1) is 22.9. The van der Waals surface area contributed by atoms with Crippen molar-refractivity contribution in [2.75, 3.05) is 25.0 Å². The average Bonchev–Trinajstić information content (AvgIpc) is 3.02. The third kappa shape index (κ3) is 8.88. The van der Waals surface area contributed by atoms with E-state index in [0.717, 1.165) is 42.6 Å². The van der Waals surface area contributed by atoms with Crippen molar-refractivity contribution >= 4 is 17.5 Å². The Morgan fingerprint density at radius 3 is 2.38 bits per heavy atom. The minimum atomic E-state index is -4.93. The van der Waals surface area contributed by atoms with Crippen molar-refractivity contribution in [1.29, 1.82) is 0 Å². The molecule has 48 heavy (non-hydrogen) atoms. The van der Waals surface area contributed by atoms with E-state index in [4.69, 9.17) is 0 Å². The molecule has 2 unspecified atom stereocenters. The van der Waals surface area contributed by atoms with E-state index in [-0.39, 0.29) is 48.2 Å². The van der Waals surface area contributed by atoms with Crippen LogP contribution in [0.3, 0.4) is 0 Å². The van der Waals surface area contributed by atoms with E-state index in [0.29, 0.717) is 24.7 Å². The number of aromatic nitrogens is 1. The number of nitrogens with one attached hydrogen (secondary N) is 2. The van der Waals surface area contributed by atoms with Gasteiger partial charge < -0.3 is 20.3 Å². The molecule has 1 aromatic heterocycles. The van der Waals surface area contributed by atoms with Gasteiger partial charge >= 0.3 is 6.36 Å². The summed E-state index contributed by atoms with van der Waals surface area (Å²) in [5.41, 5.74) is 0.672. The highest BCUT2D eigenvalue weighted by atomic mass is 19.4. The number of nitrogens with zero attached hydrogens (tertiary/aromatic N) is 2. The first-order valence-corrected chi connectivity index (χ1v) is 14.9. The fourth-order valence-electron chi connectivity index (χ4n) is 5.70. The topological polar surface area (TPSA) is 83.6 Å². The number of amides is 2. The number of halogens is 7. The Bertz CT molecular complexity index is 1750. The number of hydrogen-bond donors (Lipinski definition) is 2. The largest absolute Gasteiger partial charge is 0.573 e. The Morgan fingerprint density at radius 2 is 1.67 bits per heavy atom. The SMILES string of the molecule is O=C(CC(c1ccc(F)cc1)c1cc(F)cc(F)c1)Nc1cncc(F)c1CCC1CNCCN1C(=O)c1cccc(OC(F)(F)F)c1. The number of carbonyl (C=O) groups is 2. The van der Waals surface area contributed by atoms with Crippen molar-refractivity contribution in [2.45, 2.75) is 37.6 Å². The van der Waals surface area contributed by atoms with Crippen LogP contribution in [0, 0.1) is 23.3 Å². The average molecular weight is 675 g/mol. The quantitative estimate of drug-likeness (QED) is 0.182. The fraction of sp³-hybridized carbons (Fsp3) is 0.265. The van der Waals surface area contributed by atoms with Crippen LogP contribution < -0.4 is 15.4 Å². The van der Waals surface area contributed by atoms with Crippen molar-refractivity contribution in [1.82, 2.24) is 15.2 Å². The molecule has 2 amide bonds. The molecule has 14 heteroatoms. The minimum absolute atomic E-state index is 0.0134. The van der Waals surface area contributed by atoms with Crippen LogP contribution in [0.1, 0.15) is 45.8 Å². The summed E-state index contributed by atoms with van der Waals surface area (Å²) in [6, 6.07) is 12.2. The number of carbonyl (C=O) groups excluding carboxylic acids is 2. The van der Waals surface area contributed by atoms with E-state index in [2.05, 4.69) is 20.4 Å². The third-order valence-corrected chi connectivity index (χ3v) is 7.88. The monoisotopic (exact) mass is 674 g/mol. The van der Waals surface area contributed by atoms with Crippen molar-refractivity contribution < 1.29 is 45.1 Å². The van der Waals surface area contributed by atoms with E-state index >= 15 is 4.39 Å². The molecule has 3 aromatic carbocycles. The van der Waals surface area contributed by atoms with Gasteiger partial charge in [0.25, 0.3) is 5.91 Å². The van der Waals surface area contributed by atoms with E-state index in [1.54, 1.807) is 0 Å². The summed E-state index contributed by atoms with van der Waals surface area (Å²) in [5, 5.41) is 5.78. The number of benzene rings is 3. The summed E-state index contributed by atoms with van der Waals surface area (Å²) >= 11 is 0. The number of alkyl halides is 3. The zero-order valence-electron chi connectivity index (χ0n) is 25.2. The maximum absolute atomic E-state index is 15.1. The molecule has 252 valence electrons. The first-order valence-electron chi connectivity index (χ1n) is 14.9. The molecule has 0 aliphatic carbocycles. The molecule has 2 N–H and O–H groups in total. The van der Waals surface area contributed by atoms with Crippen LogP contribution in [0.15, 0.2) is 79.1 Å². The minimum Gasteiger partial charge on any atom is -0.406 e. The molecule has 0 saturated carbocycles. The summed E-state index contributed by atoms with van der Waals surface area (Å²) in [4.78, 5) is 32.0. The summed E-state index contributed by atoms with van der Waals surface area (Å²) in [7, 11) is 0. The Hall–Kier alpha value is -4.98. The molecule has 0 radical (unpaired) electrons. The number of pyridine rings is 1. The molecular formula is C34H29F7N4O3. The van der Waals surface area contributed by atoms with Crippen molar-refractivity contribution in [3.8, 4) is 5.75 Å². The van der Waals surface area contributed by atoms with Crippen LogP contribution >= 0.6 is 0 Å². The van der Waals surface area contributed by atoms with Gasteiger partial charge in [-0.15, -0.1) is 13.2 Å². The standard InChI is InChI=1S/C34H29F7N4O3/c35-23-6-4-20(5-7-23)29(22-12-24(36)15-25(37)13-22)16-32(46)44-31-19-43-18-30(38)28(31)9-8-26-17-42-10-11-45(26)33(47)21-2-1-3-27(14-21)48-34(39,40)41/h1-7,12-15,18-19,26,29,42H,8-11,16-17H2,(H,44,46). The Balaban J connectivity index is 1.32. The molecule has 0 bridgehead atoms. The van der Waals surface area contributed by atoms with Gasteiger partial charge in [-0.3, -0.25) is 14.6 Å². The van der Waals surface area contributed by atoms with Crippen molar-refractivity contribution in [3.63, 3.8) is 0 Å². The molecule has 4 aromatic rings. The summed E-state index contributed by atoms with van der Waals surface area (Å²) < 4.78 is 99.1. The van der Waals surface area contributed by atoms with Crippen LogP contribution in [0.4, 0.5) is 36.4 Å². The lowest BCUT2D eigenvalue weighted by Crippen LogP contribution is -2.53. The van der Waals surface area contributed by atoms with Gasteiger partial charge in [0, 0.05) is 55.2 Å². The van der Waals surface area contributed by atoms with Gasteiger partial charge in [0.15, 0.2) is 0 Å². The third-order valence-electron chi connectivity index (χ3n) is 7.88. The van der Waals surface area contributed by atoms with E-state index in [1.165, 1.54) is 35.4 Å². The number of hydrogen-bond acceptors (Lipinski definition) is 5. The molecule has 7 nitrogen and oxygen atoms in total. The number of anilines is 1. The lowest BCUT2D eigenvalue weighted by molar-refractivity contribution is -0.274. The second-order valence-electron chi connectivity index (χ2n) is 11.2. The van der Waals surface area contributed by atoms with Gasteiger partial charge in [0.05, 0.1) is 18.1 Å². The first kappa shape index (κ1) is 34.4. The molecule has 5 rings (SSSR count). The van der Waals surface area contributed by atoms with Gasteiger partial charge in [0.2, 0.25) is 5.91 Å². The highest BCUT2D eigenvalue weighted by Crippen LogP contribution is 2.31. The van der Waals surface area contributed by atoms with Gasteiger partial charge in [0.1, 0.15) is 29.0 Å². The summed E-state index contributed by atoms with van der Waals surface area (Å²) in [6.07, 6.45) is -2.80. The van der Waals surface area contributed by atoms with E-state index in [1.807, 2.05) is 0 Å². The molecule has 1 aliphatic rings. The van der Waals surface area contributed by atoms with Gasteiger partial charge in [-0.1, -0.05) is 18.2 Å². The number of ether oxygens (including phenoxy) is 1. The van der Waals surface area contributed by atoms with Crippen LogP contribution in [-0.2, 0) is 11.2 Å². The molecular weight excluding hydrogens is 645 g/mol. The summed E-state index contributed by atoms with van der Waals surface area (Å²) in [6.45, 7) is 0.987. The Kier molecular flexibility index (Phi) is 10.6. The number of rotatable bonds is 10. The maximum atomic E-state index is 15.1. The van der Waals surface area contributed by atoms with E-state index in [9.17, 15) is 35.9 Å². The van der Waals surface area contributed by atoms with Crippen molar-refractivity contribution in [3.05, 3.63) is 125 Å². The van der Waals surface area contributed by atoms with Gasteiger partial charge in [-0.05, 0) is 66.4 Å². The highest BCUT2D eigenvalue weighted by Gasteiger charge is 2.32. The predicted molar refractivity (Wildman–Crippen MR) is 161 cm³/mol. The number of piperazine rings is 1. The van der Waals surface area contributed by atoms with Crippen LogP contribution in [0.2, 0.25) is 0 Å². The van der Waals surface area contributed by atoms with Crippen LogP contribution in [0.25, 0.3) is 0 Å². The molecule has 2 heterocycles. The van der Waals surface area contributed by atoms with Gasteiger partial charge in [-0.25, -0.2) is 17.6 Å². The lowest BCUT2D eigenvalue weighted by atomic mass is 9.88. The molecule has 2 atom stereocenters. The van der Waals surface area contributed by atoms with Gasteiger partial charge in [-0.2, -0.15) is 0 Å². The zero-order chi connectivity index (χ0) is 34.4.